The summed E-state index contributed by atoms with van der Waals surface area (Å²) in [4.78, 5) is 23.7. The van der Waals surface area contributed by atoms with E-state index in [0.717, 1.165) is 12.1 Å². The molecule has 0 aliphatic carbocycles. The van der Waals surface area contributed by atoms with E-state index in [1.165, 1.54) is 6.07 Å². The summed E-state index contributed by atoms with van der Waals surface area (Å²) in [7, 11) is 0. The predicted octanol–water partition coefficient (Wildman–Crippen LogP) is 2.94. The van der Waals surface area contributed by atoms with E-state index < -0.39 is 41.0 Å². The Hall–Kier alpha value is -1.98. The molecule has 116 valence electrons. The number of ether oxygens (including phenoxy) is 1. The van der Waals surface area contributed by atoms with Gasteiger partial charge in [-0.1, -0.05) is 19.4 Å². The third kappa shape index (κ3) is 3.56. The van der Waals surface area contributed by atoms with Gasteiger partial charge in [0.2, 0.25) is 0 Å². The molecule has 6 heteroatoms. The van der Waals surface area contributed by atoms with Crippen molar-refractivity contribution in [2.45, 2.75) is 33.1 Å². The van der Waals surface area contributed by atoms with Gasteiger partial charge in [-0.3, -0.25) is 9.59 Å². The molecular weight excluding hydrogens is 282 g/mol. The van der Waals surface area contributed by atoms with Crippen LogP contribution in [0.5, 0.6) is 0 Å². The number of carboxylic acid groups (broad SMARTS) is 1. The molecule has 1 aromatic carbocycles. The summed E-state index contributed by atoms with van der Waals surface area (Å²) >= 11 is 0. The second-order valence-electron chi connectivity index (χ2n) is 4.73. The van der Waals surface area contributed by atoms with Crippen molar-refractivity contribution in [3.8, 4) is 0 Å². The number of hydrogen-bond donors (Lipinski definition) is 1. The van der Waals surface area contributed by atoms with Crippen molar-refractivity contribution in [3.05, 3.63) is 35.4 Å². The van der Waals surface area contributed by atoms with E-state index in [0.29, 0.717) is 6.42 Å². The van der Waals surface area contributed by atoms with Crippen LogP contribution in [-0.4, -0.2) is 23.7 Å². The molecule has 0 fully saturated rings. The number of benzene rings is 1. The van der Waals surface area contributed by atoms with Crippen LogP contribution in [0.4, 0.5) is 8.78 Å². The summed E-state index contributed by atoms with van der Waals surface area (Å²) in [5, 5.41) is 9.45. The van der Waals surface area contributed by atoms with Gasteiger partial charge in [0.25, 0.3) is 0 Å². The SMILES string of the molecule is CCCC(Cc1c(F)cccc1F)(C(=O)O)C(=O)OCC. The number of halogens is 2. The van der Waals surface area contributed by atoms with Crippen LogP contribution in [0.15, 0.2) is 18.2 Å². The predicted molar refractivity (Wildman–Crippen MR) is 71.7 cm³/mol. The molecule has 4 nitrogen and oxygen atoms in total. The lowest BCUT2D eigenvalue weighted by atomic mass is 9.77. The fraction of sp³-hybridized carbons (Fsp3) is 0.467. The van der Waals surface area contributed by atoms with E-state index in [1.807, 2.05) is 0 Å². The first-order valence-corrected chi connectivity index (χ1v) is 6.72. The van der Waals surface area contributed by atoms with E-state index in [9.17, 15) is 23.5 Å². The maximum absolute atomic E-state index is 13.7. The number of carbonyl (C=O) groups excluding carboxylic acids is 1. The highest BCUT2D eigenvalue weighted by Gasteiger charge is 2.48. The Morgan fingerprint density at radius 2 is 1.81 bits per heavy atom. The highest BCUT2D eigenvalue weighted by molar-refractivity contribution is 5.99. The Labute approximate surface area is 121 Å². The van der Waals surface area contributed by atoms with Crippen LogP contribution in [0.1, 0.15) is 32.3 Å². The lowest BCUT2D eigenvalue weighted by Crippen LogP contribution is -2.43. The van der Waals surface area contributed by atoms with Crippen molar-refractivity contribution in [3.63, 3.8) is 0 Å². The lowest BCUT2D eigenvalue weighted by Gasteiger charge is -2.27. The molecule has 0 saturated carbocycles. The number of carbonyl (C=O) groups is 2. The Morgan fingerprint density at radius 3 is 2.24 bits per heavy atom. The maximum atomic E-state index is 13.7. The van der Waals surface area contributed by atoms with Crippen LogP contribution in [-0.2, 0) is 20.7 Å². The average Bonchev–Trinajstić information content (AvgIpc) is 2.41. The van der Waals surface area contributed by atoms with Gasteiger partial charge < -0.3 is 9.84 Å². The van der Waals surface area contributed by atoms with Crippen LogP contribution in [0.2, 0.25) is 0 Å². The van der Waals surface area contributed by atoms with Crippen molar-refractivity contribution >= 4 is 11.9 Å². The summed E-state index contributed by atoms with van der Waals surface area (Å²) in [5.74, 6) is -4.16. The van der Waals surface area contributed by atoms with Gasteiger partial charge >= 0.3 is 11.9 Å². The van der Waals surface area contributed by atoms with Crippen LogP contribution in [0, 0.1) is 17.0 Å². The van der Waals surface area contributed by atoms with Gasteiger partial charge in [-0.2, -0.15) is 0 Å². The summed E-state index contributed by atoms with van der Waals surface area (Å²) in [6.07, 6.45) is -0.274. The fourth-order valence-corrected chi connectivity index (χ4v) is 2.23. The third-order valence-electron chi connectivity index (χ3n) is 3.29. The van der Waals surface area contributed by atoms with Gasteiger partial charge in [0.15, 0.2) is 5.41 Å². The molecule has 1 N–H and O–H groups in total. The summed E-state index contributed by atoms with van der Waals surface area (Å²) in [6.45, 7) is 3.23. The second kappa shape index (κ2) is 7.15. The molecule has 0 aromatic heterocycles. The zero-order chi connectivity index (χ0) is 16.0. The van der Waals surface area contributed by atoms with Crippen LogP contribution in [0.3, 0.4) is 0 Å². The van der Waals surface area contributed by atoms with Crippen molar-refractivity contribution < 1.29 is 28.2 Å². The number of carboxylic acids is 1. The summed E-state index contributed by atoms with van der Waals surface area (Å²) < 4.78 is 32.3. The van der Waals surface area contributed by atoms with Crippen LogP contribution >= 0.6 is 0 Å². The molecule has 0 spiro atoms. The van der Waals surface area contributed by atoms with Crippen molar-refractivity contribution in [2.24, 2.45) is 5.41 Å². The largest absolute Gasteiger partial charge is 0.480 e. The Bertz CT molecular complexity index is 510. The minimum absolute atomic E-state index is 0.00265. The first kappa shape index (κ1) is 17.1. The number of aliphatic carboxylic acids is 1. The molecule has 0 aliphatic heterocycles. The second-order valence-corrected chi connectivity index (χ2v) is 4.73. The molecule has 0 saturated heterocycles. The van der Waals surface area contributed by atoms with Gasteiger partial charge in [0.1, 0.15) is 11.6 Å². The molecule has 0 radical (unpaired) electrons. The summed E-state index contributed by atoms with van der Waals surface area (Å²) in [6, 6.07) is 3.24. The van der Waals surface area contributed by atoms with Crippen molar-refractivity contribution in [1.82, 2.24) is 0 Å². The van der Waals surface area contributed by atoms with Crippen molar-refractivity contribution in [2.75, 3.05) is 6.61 Å². The smallest absolute Gasteiger partial charge is 0.323 e. The Balaban J connectivity index is 3.30. The van der Waals surface area contributed by atoms with Crippen LogP contribution < -0.4 is 0 Å². The minimum atomic E-state index is -1.98. The van der Waals surface area contributed by atoms with Gasteiger partial charge in [-0.25, -0.2) is 8.78 Å². The van der Waals surface area contributed by atoms with Crippen LogP contribution in [0.25, 0.3) is 0 Å². The van der Waals surface area contributed by atoms with Gasteiger partial charge in [0, 0.05) is 12.0 Å². The molecule has 1 atom stereocenters. The van der Waals surface area contributed by atoms with E-state index >= 15 is 0 Å². The quantitative estimate of drug-likeness (QED) is 0.621. The standard InChI is InChI=1S/C15H18F2O4/c1-3-8-15(13(18)19,14(20)21-4-2)9-10-11(16)6-5-7-12(10)17/h5-7H,3-4,8-9H2,1-2H3,(H,18,19). The van der Waals surface area contributed by atoms with E-state index in [1.54, 1.807) is 13.8 Å². The number of esters is 1. The minimum Gasteiger partial charge on any atom is -0.480 e. The molecule has 1 rings (SSSR count). The molecule has 1 aromatic rings. The summed E-state index contributed by atoms with van der Waals surface area (Å²) in [5.41, 5.74) is -2.39. The molecular formula is C15H18F2O4. The highest BCUT2D eigenvalue weighted by atomic mass is 19.1. The Morgan fingerprint density at radius 1 is 1.24 bits per heavy atom. The van der Waals surface area contributed by atoms with Crippen molar-refractivity contribution in [1.29, 1.82) is 0 Å². The zero-order valence-electron chi connectivity index (χ0n) is 12.0. The molecule has 0 heterocycles. The molecule has 0 amide bonds. The lowest BCUT2D eigenvalue weighted by molar-refractivity contribution is -0.169. The number of hydrogen-bond acceptors (Lipinski definition) is 3. The topological polar surface area (TPSA) is 63.6 Å². The fourth-order valence-electron chi connectivity index (χ4n) is 2.23. The van der Waals surface area contributed by atoms with Gasteiger partial charge in [-0.05, 0) is 25.5 Å². The van der Waals surface area contributed by atoms with Gasteiger partial charge in [0.05, 0.1) is 6.61 Å². The molecule has 21 heavy (non-hydrogen) atoms. The molecule has 0 bridgehead atoms. The van der Waals surface area contributed by atoms with E-state index in [2.05, 4.69) is 0 Å². The Kier molecular flexibility index (Phi) is 5.81. The van der Waals surface area contributed by atoms with E-state index in [4.69, 9.17) is 4.74 Å². The molecule has 0 aliphatic rings. The average molecular weight is 300 g/mol. The normalized spacial score (nSPS) is 13.5. The first-order valence-electron chi connectivity index (χ1n) is 6.72. The molecule has 1 unspecified atom stereocenters. The van der Waals surface area contributed by atoms with Gasteiger partial charge in [-0.15, -0.1) is 0 Å². The monoisotopic (exact) mass is 300 g/mol. The maximum Gasteiger partial charge on any atom is 0.323 e. The van der Waals surface area contributed by atoms with E-state index in [-0.39, 0.29) is 13.0 Å². The third-order valence-corrected chi connectivity index (χ3v) is 3.29. The zero-order valence-corrected chi connectivity index (χ0v) is 12.0. The first-order chi connectivity index (χ1) is 9.89. The number of rotatable bonds is 7. The highest BCUT2D eigenvalue weighted by Crippen LogP contribution is 2.33.